The highest BCUT2D eigenvalue weighted by molar-refractivity contribution is 8.13. The average Bonchev–Trinajstić information content (AvgIpc) is 2.16. The Hall–Kier alpha value is -0.220. The topological polar surface area (TPSA) is 29.5 Å². The molecule has 0 N–H and O–H groups in total. The van der Waals surface area contributed by atoms with Gasteiger partial charge in [-0.1, -0.05) is 6.42 Å². The monoisotopic (exact) mass is 189 g/mol. The van der Waals surface area contributed by atoms with Gasteiger partial charge in [-0.25, -0.2) is 4.79 Å². The van der Waals surface area contributed by atoms with Crippen LogP contribution in [0.2, 0.25) is 0 Å². The van der Waals surface area contributed by atoms with Gasteiger partial charge in [0.15, 0.2) is 0 Å². The van der Waals surface area contributed by atoms with E-state index in [-0.39, 0.29) is 5.30 Å². The summed E-state index contributed by atoms with van der Waals surface area (Å²) in [6.07, 6.45) is 3.86. The largest absolute Gasteiger partial charge is 0.461 e. The first-order chi connectivity index (χ1) is 5.83. The molecule has 0 amide bonds. The molecular formula is C8H15NO2S. The van der Waals surface area contributed by atoms with E-state index in [1.54, 1.807) is 0 Å². The van der Waals surface area contributed by atoms with Crippen LogP contribution in [0.4, 0.5) is 4.79 Å². The van der Waals surface area contributed by atoms with Gasteiger partial charge in [0.2, 0.25) is 0 Å². The number of hydrogen-bond acceptors (Lipinski definition) is 4. The maximum absolute atomic E-state index is 10.8. The molecule has 0 aromatic rings. The van der Waals surface area contributed by atoms with E-state index in [1.807, 2.05) is 0 Å². The lowest BCUT2D eigenvalue weighted by Crippen LogP contribution is -2.29. The number of likely N-dealkylation sites (tertiary alicyclic amines) is 1. The summed E-state index contributed by atoms with van der Waals surface area (Å²) in [6.45, 7) is 2.26. The van der Waals surface area contributed by atoms with Crippen LogP contribution in [0.1, 0.15) is 19.3 Å². The van der Waals surface area contributed by atoms with Gasteiger partial charge in [0.25, 0.3) is 0 Å². The molecular weight excluding hydrogens is 174 g/mol. The van der Waals surface area contributed by atoms with Crippen molar-refractivity contribution < 1.29 is 9.53 Å². The highest BCUT2D eigenvalue weighted by Gasteiger charge is 2.11. The fraction of sp³-hybridized carbons (Fsp3) is 0.875. The maximum atomic E-state index is 10.8. The molecule has 1 saturated heterocycles. The van der Waals surface area contributed by atoms with Crippen molar-refractivity contribution in [2.24, 2.45) is 0 Å². The number of ether oxygens (including phenoxy) is 1. The van der Waals surface area contributed by atoms with Gasteiger partial charge in [0, 0.05) is 0 Å². The molecule has 0 saturated carbocycles. The highest BCUT2D eigenvalue weighted by Crippen LogP contribution is 2.13. The van der Waals surface area contributed by atoms with Crippen molar-refractivity contribution in [3.8, 4) is 0 Å². The highest BCUT2D eigenvalue weighted by atomic mass is 32.2. The summed E-state index contributed by atoms with van der Waals surface area (Å²) in [4.78, 5) is 13.1. The average molecular weight is 189 g/mol. The lowest BCUT2D eigenvalue weighted by atomic mass is 10.1. The molecule has 1 aliphatic rings. The van der Waals surface area contributed by atoms with E-state index in [2.05, 4.69) is 9.64 Å². The number of thioether (sulfide) groups is 1. The summed E-state index contributed by atoms with van der Waals surface area (Å²) < 4.78 is 4.54. The normalized spacial score (nSPS) is 19.1. The van der Waals surface area contributed by atoms with Gasteiger partial charge in [0.05, 0.1) is 13.0 Å². The molecule has 0 aromatic carbocycles. The van der Waals surface area contributed by atoms with E-state index in [1.165, 1.54) is 38.1 Å². The number of carbonyl (C=O) groups excluding carboxylic acids is 1. The van der Waals surface area contributed by atoms with E-state index < -0.39 is 0 Å². The van der Waals surface area contributed by atoms with Gasteiger partial charge >= 0.3 is 5.30 Å². The Morgan fingerprint density at radius 2 is 2.08 bits per heavy atom. The summed E-state index contributed by atoms with van der Waals surface area (Å²) >= 11 is 1.25. The summed E-state index contributed by atoms with van der Waals surface area (Å²) in [5.41, 5.74) is 0. The summed E-state index contributed by atoms with van der Waals surface area (Å²) in [6, 6.07) is 0. The van der Waals surface area contributed by atoms with Crippen LogP contribution < -0.4 is 0 Å². The molecule has 3 nitrogen and oxygen atoms in total. The van der Waals surface area contributed by atoms with Crippen LogP contribution in [0.15, 0.2) is 0 Å². The second-order valence-corrected chi connectivity index (χ2v) is 3.79. The van der Waals surface area contributed by atoms with Crippen LogP contribution in [0.25, 0.3) is 0 Å². The molecule has 1 heterocycles. The minimum atomic E-state index is -0.180. The van der Waals surface area contributed by atoms with Crippen LogP contribution in [0, 0.1) is 0 Å². The first-order valence-electron chi connectivity index (χ1n) is 4.26. The van der Waals surface area contributed by atoms with Crippen molar-refractivity contribution in [2.45, 2.75) is 19.3 Å². The Bertz CT molecular complexity index is 146. The van der Waals surface area contributed by atoms with Crippen molar-refractivity contribution in [3.05, 3.63) is 0 Å². The third-order valence-corrected chi connectivity index (χ3v) is 2.88. The second-order valence-electron chi connectivity index (χ2n) is 2.91. The summed E-state index contributed by atoms with van der Waals surface area (Å²) in [5, 5.41) is -0.180. The molecule has 0 aliphatic carbocycles. The van der Waals surface area contributed by atoms with E-state index in [0.717, 1.165) is 19.0 Å². The number of piperidine rings is 1. The second kappa shape index (κ2) is 5.43. The molecule has 0 spiro atoms. The van der Waals surface area contributed by atoms with Crippen LogP contribution in [0.5, 0.6) is 0 Å². The number of nitrogens with zero attached hydrogens (tertiary/aromatic N) is 1. The fourth-order valence-electron chi connectivity index (χ4n) is 1.29. The quantitative estimate of drug-likeness (QED) is 0.621. The van der Waals surface area contributed by atoms with Gasteiger partial charge in [-0.2, -0.15) is 0 Å². The number of hydrogen-bond donors (Lipinski definition) is 0. The summed E-state index contributed by atoms with van der Waals surface area (Å²) in [5.74, 6) is 0.784. The van der Waals surface area contributed by atoms with Crippen molar-refractivity contribution in [2.75, 3.05) is 26.1 Å². The van der Waals surface area contributed by atoms with Crippen LogP contribution in [-0.4, -0.2) is 36.3 Å². The van der Waals surface area contributed by atoms with Crippen LogP contribution >= 0.6 is 11.8 Å². The zero-order valence-corrected chi connectivity index (χ0v) is 8.23. The summed E-state index contributed by atoms with van der Waals surface area (Å²) in [7, 11) is 1.42. The van der Waals surface area contributed by atoms with Gasteiger partial charge in [-0.15, -0.1) is 0 Å². The van der Waals surface area contributed by atoms with Gasteiger partial charge in [-0.3, -0.25) is 4.90 Å². The third-order valence-electron chi connectivity index (χ3n) is 1.98. The zero-order valence-electron chi connectivity index (χ0n) is 7.41. The van der Waals surface area contributed by atoms with Crippen LogP contribution in [0.3, 0.4) is 0 Å². The smallest absolute Gasteiger partial charge is 0.368 e. The van der Waals surface area contributed by atoms with E-state index in [9.17, 15) is 4.79 Å². The molecule has 70 valence electrons. The van der Waals surface area contributed by atoms with Gasteiger partial charge in [0.1, 0.15) is 0 Å². The van der Waals surface area contributed by atoms with E-state index in [4.69, 9.17) is 0 Å². The molecule has 1 aliphatic heterocycles. The van der Waals surface area contributed by atoms with E-state index >= 15 is 0 Å². The molecule has 0 atom stereocenters. The molecule has 0 radical (unpaired) electrons. The molecule has 0 aromatic heterocycles. The first kappa shape index (κ1) is 9.86. The number of rotatable bonds is 2. The van der Waals surface area contributed by atoms with Crippen molar-refractivity contribution in [3.63, 3.8) is 0 Å². The minimum Gasteiger partial charge on any atom is -0.461 e. The predicted molar refractivity (Wildman–Crippen MR) is 50.3 cm³/mol. The Morgan fingerprint density at radius 1 is 1.42 bits per heavy atom. The Kier molecular flexibility index (Phi) is 4.46. The molecule has 12 heavy (non-hydrogen) atoms. The molecule has 1 fully saturated rings. The maximum Gasteiger partial charge on any atom is 0.368 e. The number of carbonyl (C=O) groups is 1. The predicted octanol–water partition coefficient (Wildman–Crippen LogP) is 1.93. The SMILES string of the molecule is COC(=O)SCN1CCCCC1. The van der Waals surface area contributed by atoms with E-state index in [0.29, 0.717) is 0 Å². The van der Waals surface area contributed by atoms with Crippen molar-refractivity contribution >= 4 is 17.1 Å². The standard InChI is InChI=1S/C8H15NO2S/c1-11-8(10)12-7-9-5-3-2-4-6-9/h2-7H2,1H3. The fourth-order valence-corrected chi connectivity index (χ4v) is 1.96. The lowest BCUT2D eigenvalue weighted by Gasteiger charge is -2.25. The minimum absolute atomic E-state index is 0.180. The van der Waals surface area contributed by atoms with Crippen molar-refractivity contribution in [1.82, 2.24) is 4.90 Å². The van der Waals surface area contributed by atoms with Gasteiger partial charge < -0.3 is 4.74 Å². The lowest BCUT2D eigenvalue weighted by molar-refractivity contribution is 0.199. The van der Waals surface area contributed by atoms with Crippen LogP contribution in [-0.2, 0) is 4.74 Å². The molecule has 0 unspecified atom stereocenters. The first-order valence-corrected chi connectivity index (χ1v) is 5.24. The molecule has 0 bridgehead atoms. The molecule has 1 rings (SSSR count). The Labute approximate surface area is 77.4 Å². The molecule has 4 heteroatoms. The van der Waals surface area contributed by atoms with Crippen molar-refractivity contribution in [1.29, 1.82) is 0 Å². The Morgan fingerprint density at radius 3 is 2.67 bits per heavy atom. The Balaban J connectivity index is 2.09. The third kappa shape index (κ3) is 3.45. The zero-order chi connectivity index (χ0) is 8.81. The van der Waals surface area contributed by atoms with Gasteiger partial charge in [-0.05, 0) is 37.7 Å². The number of methoxy groups -OCH3 is 1.